The van der Waals surface area contributed by atoms with Crippen LogP contribution in [0.5, 0.6) is 11.5 Å². The lowest BCUT2D eigenvalue weighted by Crippen LogP contribution is -2.09. The molecule has 0 atom stereocenters. The smallest absolute Gasteiger partial charge is 0.338 e. The largest absolute Gasteiger partial charge is 0.493 e. The Kier molecular flexibility index (Phi) is 8.03. The van der Waals surface area contributed by atoms with Gasteiger partial charge in [0, 0.05) is 11.8 Å². The molecule has 0 aliphatic rings. The van der Waals surface area contributed by atoms with Gasteiger partial charge in [-0.1, -0.05) is 42.5 Å². The fourth-order valence-corrected chi connectivity index (χ4v) is 2.94. The lowest BCUT2D eigenvalue weighted by molar-refractivity contribution is -0.111. The highest BCUT2D eigenvalue weighted by molar-refractivity contribution is 6.02. The zero-order valence-corrected chi connectivity index (χ0v) is 18.0. The molecule has 0 unspecified atom stereocenters. The van der Waals surface area contributed by atoms with Gasteiger partial charge in [0.2, 0.25) is 5.91 Å². The van der Waals surface area contributed by atoms with E-state index in [2.05, 4.69) is 5.32 Å². The van der Waals surface area contributed by atoms with Gasteiger partial charge in [0.25, 0.3) is 0 Å². The van der Waals surface area contributed by atoms with Gasteiger partial charge in [0.1, 0.15) is 6.61 Å². The van der Waals surface area contributed by atoms with Crippen LogP contribution in [0.15, 0.2) is 78.9 Å². The Balaban J connectivity index is 1.62. The summed E-state index contributed by atoms with van der Waals surface area (Å²) in [5.74, 6) is 0.439. The van der Waals surface area contributed by atoms with E-state index in [1.54, 1.807) is 50.4 Å². The highest BCUT2D eigenvalue weighted by atomic mass is 16.5. The van der Waals surface area contributed by atoms with Crippen LogP contribution in [-0.2, 0) is 16.1 Å². The van der Waals surface area contributed by atoms with Crippen LogP contribution in [-0.4, -0.2) is 25.6 Å². The molecule has 32 heavy (non-hydrogen) atoms. The second-order valence-corrected chi connectivity index (χ2v) is 6.81. The highest BCUT2D eigenvalue weighted by Crippen LogP contribution is 2.29. The lowest BCUT2D eigenvalue weighted by atomic mass is 10.1. The van der Waals surface area contributed by atoms with Gasteiger partial charge in [0.05, 0.1) is 19.3 Å². The number of nitrogens with one attached hydrogen (secondary N) is 1. The SMILES string of the molecule is CCOC(=O)c1cccc(NC(=O)/C=C/c2ccc(OCc3ccccc3)c(OC)c2)c1. The predicted octanol–water partition coefficient (Wildman–Crippen LogP) is 5.10. The highest BCUT2D eigenvalue weighted by Gasteiger charge is 2.08. The molecule has 1 amide bonds. The summed E-state index contributed by atoms with van der Waals surface area (Å²) in [6.07, 6.45) is 3.09. The quantitative estimate of drug-likeness (QED) is 0.377. The molecular formula is C26H25NO5. The lowest BCUT2D eigenvalue weighted by Gasteiger charge is -2.11. The number of methoxy groups -OCH3 is 1. The van der Waals surface area contributed by atoms with Crippen LogP contribution < -0.4 is 14.8 Å². The molecule has 0 radical (unpaired) electrons. The van der Waals surface area contributed by atoms with Crippen molar-refractivity contribution < 1.29 is 23.8 Å². The number of carbonyl (C=O) groups excluding carboxylic acids is 2. The minimum atomic E-state index is -0.430. The number of benzene rings is 3. The maximum absolute atomic E-state index is 12.3. The fraction of sp³-hybridized carbons (Fsp3) is 0.154. The predicted molar refractivity (Wildman–Crippen MR) is 124 cm³/mol. The number of hydrogen-bond donors (Lipinski definition) is 1. The van der Waals surface area contributed by atoms with E-state index >= 15 is 0 Å². The van der Waals surface area contributed by atoms with Crippen molar-refractivity contribution in [2.75, 3.05) is 19.0 Å². The third kappa shape index (κ3) is 6.47. The second-order valence-electron chi connectivity index (χ2n) is 6.81. The van der Waals surface area contributed by atoms with Crippen molar-refractivity contribution in [1.82, 2.24) is 0 Å². The zero-order valence-electron chi connectivity index (χ0n) is 18.0. The number of hydrogen-bond acceptors (Lipinski definition) is 5. The molecule has 0 aliphatic carbocycles. The van der Waals surface area contributed by atoms with Crippen LogP contribution in [0.1, 0.15) is 28.4 Å². The summed E-state index contributed by atoms with van der Waals surface area (Å²) in [7, 11) is 1.57. The van der Waals surface area contributed by atoms with Gasteiger partial charge in [-0.2, -0.15) is 0 Å². The van der Waals surface area contributed by atoms with E-state index in [-0.39, 0.29) is 12.5 Å². The van der Waals surface area contributed by atoms with E-state index in [4.69, 9.17) is 14.2 Å². The van der Waals surface area contributed by atoms with Crippen molar-refractivity contribution in [2.45, 2.75) is 13.5 Å². The first-order chi connectivity index (χ1) is 15.6. The van der Waals surface area contributed by atoms with Crippen molar-refractivity contribution in [2.24, 2.45) is 0 Å². The molecule has 0 aliphatic heterocycles. The molecule has 6 heteroatoms. The minimum absolute atomic E-state index is 0.289. The molecule has 3 aromatic rings. The molecule has 3 aromatic carbocycles. The number of rotatable bonds is 9. The number of anilines is 1. The third-order valence-electron chi connectivity index (χ3n) is 4.49. The van der Waals surface area contributed by atoms with Gasteiger partial charge in [0.15, 0.2) is 11.5 Å². The molecule has 0 saturated carbocycles. The topological polar surface area (TPSA) is 73.9 Å². The van der Waals surface area contributed by atoms with E-state index in [1.807, 2.05) is 42.5 Å². The average molecular weight is 431 g/mol. The molecule has 0 fully saturated rings. The molecule has 0 aromatic heterocycles. The Morgan fingerprint density at radius 3 is 2.50 bits per heavy atom. The molecule has 0 spiro atoms. The fourth-order valence-electron chi connectivity index (χ4n) is 2.94. The van der Waals surface area contributed by atoms with Gasteiger partial charge in [-0.15, -0.1) is 0 Å². The maximum atomic E-state index is 12.3. The number of carbonyl (C=O) groups is 2. The third-order valence-corrected chi connectivity index (χ3v) is 4.49. The van der Waals surface area contributed by atoms with E-state index in [0.29, 0.717) is 29.4 Å². The Morgan fingerprint density at radius 2 is 1.75 bits per heavy atom. The van der Waals surface area contributed by atoms with Crippen LogP contribution in [0.3, 0.4) is 0 Å². The first kappa shape index (κ1) is 22.6. The van der Waals surface area contributed by atoms with Crippen molar-refractivity contribution in [1.29, 1.82) is 0 Å². The summed E-state index contributed by atoms with van der Waals surface area (Å²) >= 11 is 0. The summed E-state index contributed by atoms with van der Waals surface area (Å²) in [6.45, 7) is 2.46. The molecule has 1 N–H and O–H groups in total. The van der Waals surface area contributed by atoms with Crippen LogP contribution in [0, 0.1) is 0 Å². The summed E-state index contributed by atoms with van der Waals surface area (Å²) in [4.78, 5) is 24.1. The summed E-state index contributed by atoms with van der Waals surface area (Å²) < 4.78 is 16.3. The van der Waals surface area contributed by atoms with E-state index in [1.165, 1.54) is 6.08 Å². The Bertz CT molecular complexity index is 1090. The van der Waals surface area contributed by atoms with Crippen molar-refractivity contribution in [3.63, 3.8) is 0 Å². The van der Waals surface area contributed by atoms with Gasteiger partial charge in [-0.3, -0.25) is 4.79 Å². The Hall–Kier alpha value is -4.06. The molecule has 164 valence electrons. The zero-order chi connectivity index (χ0) is 22.8. The standard InChI is InChI=1S/C26H25NO5/c1-3-31-26(29)21-10-7-11-22(17-21)27-25(28)15-13-19-12-14-23(24(16-19)30-2)32-18-20-8-5-4-6-9-20/h4-17H,3,18H2,1-2H3,(H,27,28)/b15-13+. The van der Waals surface area contributed by atoms with Gasteiger partial charge in [-0.05, 0) is 54.5 Å². The van der Waals surface area contributed by atoms with Crippen LogP contribution >= 0.6 is 0 Å². The Morgan fingerprint density at radius 1 is 0.938 bits per heavy atom. The Labute approximate surface area is 187 Å². The van der Waals surface area contributed by atoms with Crippen LogP contribution in [0.2, 0.25) is 0 Å². The molecule has 0 heterocycles. The van der Waals surface area contributed by atoms with Crippen molar-refractivity contribution >= 4 is 23.6 Å². The molecular weight excluding hydrogens is 406 g/mol. The van der Waals surface area contributed by atoms with E-state index in [9.17, 15) is 9.59 Å². The van der Waals surface area contributed by atoms with Crippen molar-refractivity contribution in [3.05, 3.63) is 95.6 Å². The number of amides is 1. The summed E-state index contributed by atoms with van der Waals surface area (Å²) in [6, 6.07) is 21.9. The molecule has 0 saturated heterocycles. The van der Waals surface area contributed by atoms with Gasteiger partial charge < -0.3 is 19.5 Å². The van der Waals surface area contributed by atoms with Crippen LogP contribution in [0.25, 0.3) is 6.08 Å². The van der Waals surface area contributed by atoms with Gasteiger partial charge >= 0.3 is 5.97 Å². The molecule has 0 bridgehead atoms. The normalized spacial score (nSPS) is 10.6. The maximum Gasteiger partial charge on any atom is 0.338 e. The minimum Gasteiger partial charge on any atom is -0.493 e. The van der Waals surface area contributed by atoms with E-state index < -0.39 is 5.97 Å². The summed E-state index contributed by atoms with van der Waals surface area (Å²) in [5, 5.41) is 2.74. The monoisotopic (exact) mass is 431 g/mol. The second kappa shape index (κ2) is 11.4. The molecule has 6 nitrogen and oxygen atoms in total. The van der Waals surface area contributed by atoms with Crippen molar-refractivity contribution in [3.8, 4) is 11.5 Å². The average Bonchev–Trinajstić information content (AvgIpc) is 2.82. The first-order valence-electron chi connectivity index (χ1n) is 10.2. The van der Waals surface area contributed by atoms with E-state index in [0.717, 1.165) is 11.1 Å². The number of ether oxygens (including phenoxy) is 3. The summed E-state index contributed by atoms with van der Waals surface area (Å²) in [5.41, 5.74) is 2.73. The molecule has 3 rings (SSSR count). The van der Waals surface area contributed by atoms with Crippen LogP contribution in [0.4, 0.5) is 5.69 Å². The van der Waals surface area contributed by atoms with Gasteiger partial charge in [-0.25, -0.2) is 4.79 Å². The number of esters is 1. The first-order valence-corrected chi connectivity index (χ1v) is 10.2.